The number of carboxylic acids is 1. The van der Waals surface area contributed by atoms with Crippen molar-refractivity contribution in [2.45, 2.75) is 27.7 Å². The first kappa shape index (κ1) is 29.2. The average Bonchev–Trinajstić information content (AvgIpc) is 2.14. The molecule has 2 nitrogen and oxygen atoms in total. The maximum absolute atomic E-state index is 9.49. The van der Waals surface area contributed by atoms with Crippen molar-refractivity contribution in [1.82, 2.24) is 0 Å². The zero-order valence-corrected chi connectivity index (χ0v) is 13.0. The molecule has 0 aliphatic rings. The van der Waals surface area contributed by atoms with Crippen molar-refractivity contribution in [3.8, 4) is 0 Å². The van der Waals surface area contributed by atoms with E-state index in [-0.39, 0.29) is 32.9 Å². The molecule has 0 atom stereocenters. The summed E-state index contributed by atoms with van der Waals surface area (Å²) in [5, 5.41) is 9.49. The number of carbonyl (C=O) groups is 1. The minimum absolute atomic E-state index is 0. The van der Waals surface area contributed by atoms with Gasteiger partial charge in [0.25, 0.3) is 0 Å². The third-order valence-corrected chi connectivity index (χ3v) is 0.348. The van der Waals surface area contributed by atoms with Gasteiger partial charge in [-0.3, -0.25) is 0 Å². The Balaban J connectivity index is -0.0000000263. The van der Waals surface area contributed by atoms with Gasteiger partial charge in [-0.1, -0.05) is 48.1 Å². The van der Waals surface area contributed by atoms with Crippen molar-refractivity contribution in [2.75, 3.05) is 0 Å². The molecule has 0 amide bonds. The quantitative estimate of drug-likeness (QED) is 0.511. The summed E-state index contributed by atoms with van der Waals surface area (Å²) in [5.74, 6) is -1.19. The Labute approximate surface area is 104 Å². The number of hydrogen-bond acceptors (Lipinski definition) is 2. The maximum Gasteiger partial charge on any atom is 0.0666 e. The van der Waals surface area contributed by atoms with Crippen LogP contribution < -0.4 is 5.11 Å². The van der Waals surface area contributed by atoms with Gasteiger partial charge in [0.15, 0.2) is 0 Å². The Morgan fingerprint density at radius 3 is 1.08 bits per heavy atom. The van der Waals surface area contributed by atoms with Crippen LogP contribution in [0.5, 0.6) is 0 Å². The Morgan fingerprint density at radius 2 is 1.08 bits per heavy atom. The van der Waals surface area contributed by atoms with Gasteiger partial charge in [-0.05, 0) is 12.5 Å². The summed E-state index contributed by atoms with van der Waals surface area (Å²) in [7, 11) is 0. The van der Waals surface area contributed by atoms with Crippen LogP contribution >= 0.6 is 0 Å². The van der Waals surface area contributed by atoms with Crippen LogP contribution in [0.1, 0.15) is 27.7 Å². The Hall–Kier alpha value is 0.132. The largest absolute Gasteiger partial charge is 0.545 e. The molecule has 0 fully saturated rings. The average molecular weight is 379 g/mol. The van der Waals surface area contributed by atoms with Crippen molar-refractivity contribution in [3.05, 3.63) is 32.9 Å². The SMILES string of the molecule is C=C(C)C(=O)[O-].[CH2]C.[CH2]C.[CH2]C.[Pb]. The molecule has 13 heavy (non-hydrogen) atoms. The summed E-state index contributed by atoms with van der Waals surface area (Å²) >= 11 is 0. The summed E-state index contributed by atoms with van der Waals surface area (Å²) in [4.78, 5) is 9.49. The zero-order valence-electron chi connectivity index (χ0n) is 9.14. The monoisotopic (exact) mass is 380 g/mol. The fraction of sp³-hybridized carbons (Fsp3) is 0.400. The van der Waals surface area contributed by atoms with Gasteiger partial charge in [0.05, 0.1) is 5.97 Å². The smallest absolute Gasteiger partial charge is 0.0666 e. The van der Waals surface area contributed by atoms with Crippen LogP contribution in [0.3, 0.4) is 0 Å². The first-order chi connectivity index (χ1) is 5.64. The minimum Gasteiger partial charge on any atom is -0.545 e. The predicted octanol–water partition coefficient (Wildman–Crippen LogP) is 1.45. The molecule has 0 heterocycles. The normalized spacial score (nSPS) is 4.85. The topological polar surface area (TPSA) is 40.1 Å². The van der Waals surface area contributed by atoms with E-state index in [1.54, 1.807) is 20.8 Å². The number of carboxylic acid groups (broad SMARTS) is 1. The van der Waals surface area contributed by atoms with Gasteiger partial charge in [0, 0.05) is 27.3 Å². The van der Waals surface area contributed by atoms with E-state index in [2.05, 4.69) is 27.4 Å². The standard InChI is InChI=1S/C4H6O2.3C2H5.Pb/c1-3(2)4(5)6;3*1-2;/h1H2,2H3,(H,5,6);3*1H2,2H3;/p-1. The first-order valence-electron chi connectivity index (χ1n) is 3.63. The maximum atomic E-state index is 9.49. The van der Waals surface area contributed by atoms with E-state index in [1.807, 2.05) is 0 Å². The third kappa shape index (κ3) is 72.9. The van der Waals surface area contributed by atoms with Gasteiger partial charge in [0.2, 0.25) is 0 Å². The molecule has 0 saturated carbocycles. The Kier molecular flexibility index (Phi) is 89.9. The van der Waals surface area contributed by atoms with Crippen molar-refractivity contribution in [1.29, 1.82) is 0 Å². The van der Waals surface area contributed by atoms with E-state index < -0.39 is 5.97 Å². The van der Waals surface area contributed by atoms with Crippen LogP contribution in [0.15, 0.2) is 12.2 Å². The Morgan fingerprint density at radius 1 is 1.00 bits per heavy atom. The van der Waals surface area contributed by atoms with Crippen molar-refractivity contribution >= 4 is 33.3 Å². The molecule has 0 rings (SSSR count). The second-order valence-electron chi connectivity index (χ2n) is 1.07. The molecule has 0 aliphatic heterocycles. The van der Waals surface area contributed by atoms with Gasteiger partial charge in [-0.25, -0.2) is 0 Å². The van der Waals surface area contributed by atoms with Crippen LogP contribution in [0.25, 0.3) is 0 Å². The summed E-state index contributed by atoms with van der Waals surface area (Å²) in [6.07, 6.45) is 0. The number of carbonyl (C=O) groups excluding carboxylic acids is 1. The molecule has 0 unspecified atom stereocenters. The van der Waals surface area contributed by atoms with Crippen LogP contribution in [-0.4, -0.2) is 33.3 Å². The minimum atomic E-state index is -1.19. The molecule has 0 aromatic rings. The van der Waals surface area contributed by atoms with Crippen molar-refractivity contribution in [2.24, 2.45) is 0 Å². The van der Waals surface area contributed by atoms with E-state index in [0.29, 0.717) is 0 Å². The molecule has 0 N–H and O–H groups in total. The second kappa shape index (κ2) is 40.0. The number of rotatable bonds is 1. The first-order valence-corrected chi connectivity index (χ1v) is 3.63. The molecule has 0 saturated heterocycles. The zero-order chi connectivity index (χ0) is 11.2. The van der Waals surface area contributed by atoms with Gasteiger partial charge >= 0.3 is 0 Å². The van der Waals surface area contributed by atoms with Gasteiger partial charge in [-0.2, -0.15) is 0 Å². The van der Waals surface area contributed by atoms with E-state index >= 15 is 0 Å². The molecule has 77 valence electrons. The van der Waals surface area contributed by atoms with Crippen LogP contribution in [0, 0.1) is 20.8 Å². The predicted molar refractivity (Wildman–Crippen MR) is 58.7 cm³/mol. The Bertz CT molecular complexity index is 78.9. The fourth-order valence-corrected chi connectivity index (χ4v) is 0. The van der Waals surface area contributed by atoms with Crippen molar-refractivity contribution < 1.29 is 9.90 Å². The molecule has 7 radical (unpaired) electrons. The van der Waals surface area contributed by atoms with Crippen LogP contribution in [0.4, 0.5) is 0 Å². The number of hydrogen-bond donors (Lipinski definition) is 0. The number of aliphatic carboxylic acids is 1. The van der Waals surface area contributed by atoms with E-state index in [0.717, 1.165) is 0 Å². The van der Waals surface area contributed by atoms with Gasteiger partial charge in [-0.15, -0.1) is 0 Å². The molecule has 0 aliphatic carbocycles. The van der Waals surface area contributed by atoms with Crippen LogP contribution in [-0.2, 0) is 4.79 Å². The van der Waals surface area contributed by atoms with Crippen LogP contribution in [0.2, 0.25) is 0 Å². The fourth-order valence-electron chi connectivity index (χ4n) is 0. The summed E-state index contributed by atoms with van der Waals surface area (Å²) in [6.45, 7) is 19.5. The summed E-state index contributed by atoms with van der Waals surface area (Å²) < 4.78 is 0. The molecule has 0 spiro atoms. The molecular formula is C10H20O2Pb-. The summed E-state index contributed by atoms with van der Waals surface area (Å²) in [6, 6.07) is 0. The molecule has 3 heteroatoms. The second-order valence-corrected chi connectivity index (χ2v) is 1.07. The van der Waals surface area contributed by atoms with E-state index in [9.17, 15) is 9.90 Å². The molecule has 0 aromatic carbocycles. The molecule has 0 bridgehead atoms. The van der Waals surface area contributed by atoms with Gasteiger partial charge < -0.3 is 9.90 Å². The van der Waals surface area contributed by atoms with E-state index in [4.69, 9.17) is 0 Å². The van der Waals surface area contributed by atoms with Crippen molar-refractivity contribution in [3.63, 3.8) is 0 Å². The summed E-state index contributed by atoms with van der Waals surface area (Å²) in [5.41, 5.74) is 0.0648. The molecule has 0 aromatic heterocycles. The van der Waals surface area contributed by atoms with E-state index in [1.165, 1.54) is 6.92 Å². The van der Waals surface area contributed by atoms with Gasteiger partial charge in [0.1, 0.15) is 0 Å². The molecular weight excluding hydrogens is 359 g/mol. The third-order valence-electron chi connectivity index (χ3n) is 0.348.